The summed E-state index contributed by atoms with van der Waals surface area (Å²) in [5, 5.41) is 13.2. The number of furan rings is 1. The van der Waals surface area contributed by atoms with Gasteiger partial charge in [-0.05, 0) is 98.9 Å². The van der Waals surface area contributed by atoms with Gasteiger partial charge in [-0.3, -0.25) is 4.98 Å². The summed E-state index contributed by atoms with van der Waals surface area (Å²) >= 11 is 0. The Labute approximate surface area is 420 Å². The van der Waals surface area contributed by atoms with Gasteiger partial charge in [0.1, 0.15) is 5.58 Å². The Bertz CT molecular complexity index is 3480. The molecule has 0 saturated carbocycles. The molecule has 0 unspecified atom stereocenters. The third-order valence-corrected chi connectivity index (χ3v) is 20.0. The number of hydrogen-bond donors (Lipinski definition) is 0. The van der Waals surface area contributed by atoms with Gasteiger partial charge in [0.05, 0.1) is 42.1 Å². The van der Waals surface area contributed by atoms with Crippen LogP contribution in [0, 0.1) is 23.5 Å². The van der Waals surface area contributed by atoms with E-state index in [-0.39, 0.29) is 31.9 Å². The summed E-state index contributed by atoms with van der Waals surface area (Å²) in [6, 6.07) is 66.1. The number of rotatable bonds is 7. The van der Waals surface area contributed by atoms with Crippen molar-refractivity contribution in [1.82, 2.24) is 14.5 Å². The van der Waals surface area contributed by atoms with Gasteiger partial charge in [-0.25, -0.2) is 0 Å². The SMILES string of the molecule is CC(C)c1cc(-c2ccc(-c3ccccc3)cc2)cc(C(C)C)c1-n1c(-c2[c-]ccc3c2oc2cc(C#N)ccc23)nc2ccccc21.[Ir].[c-]1ccccc1-c1cc2c(cn1)[Si]1(CCCC1)CCC2. The average molecular weight is 1090 g/mol. The Morgan fingerprint density at radius 1 is 0.667 bits per heavy atom. The Hall–Kier alpha value is -6.68. The maximum absolute atomic E-state index is 9.53. The van der Waals surface area contributed by atoms with Crippen molar-refractivity contribution in [3.05, 3.63) is 192 Å². The van der Waals surface area contributed by atoms with Crippen molar-refractivity contribution >= 4 is 46.2 Å². The zero-order chi connectivity index (χ0) is 46.4. The molecule has 0 bridgehead atoms. The molecule has 5 heterocycles. The molecule has 1 radical (unpaired) electrons. The Kier molecular flexibility index (Phi) is 12.9. The molecular formula is C62H54IrN4OSi-2. The van der Waals surface area contributed by atoms with Crippen LogP contribution in [0.4, 0.5) is 0 Å². The Morgan fingerprint density at radius 3 is 2.06 bits per heavy atom. The van der Waals surface area contributed by atoms with Crippen LogP contribution in [0.15, 0.2) is 162 Å². The van der Waals surface area contributed by atoms with Gasteiger partial charge in [0.2, 0.25) is 0 Å². The third-order valence-electron chi connectivity index (χ3n) is 14.5. The zero-order valence-electron chi connectivity index (χ0n) is 39.6. The number of pyridine rings is 1. The molecular weight excluding hydrogens is 1040 g/mol. The second kappa shape index (κ2) is 19.4. The fourth-order valence-electron chi connectivity index (χ4n) is 11.1. The van der Waals surface area contributed by atoms with E-state index in [2.05, 4.69) is 160 Å². The molecule has 0 N–H and O–H groups in total. The van der Waals surface area contributed by atoms with Gasteiger partial charge < -0.3 is 14.0 Å². The standard InChI is InChI=1S/C44H34N3O.C18H20NSi.Ir/c1-27(2)37-24-33(32-20-18-31(19-21-32)30-11-6-5-7-12-30)25-38(28(3)4)42(37)47-40-16-9-8-15-39(40)46-44(47)36-14-10-13-35-34-22-17-29(26-45)23-41(34)48-43(35)36;1-2-7-15(8-3-1)17-13-16-9-6-12-20(10-4-5-11-20)18(16)14-19-17;/h5-13,15-25,27-28H,1-4H3;1-3,7,13-14H,4-6,9-12H2;/q2*-1;. The third kappa shape index (κ3) is 8.61. The number of aryl methyl sites for hydroxylation is 1. The Morgan fingerprint density at radius 2 is 1.35 bits per heavy atom. The van der Waals surface area contributed by atoms with Crippen molar-refractivity contribution in [2.75, 3.05) is 0 Å². The van der Waals surface area contributed by atoms with Crippen molar-refractivity contribution < 1.29 is 24.5 Å². The first-order valence-corrected chi connectivity index (χ1v) is 27.0. The molecule has 12 rings (SSSR count). The van der Waals surface area contributed by atoms with Gasteiger partial charge in [-0.15, -0.1) is 54.1 Å². The molecule has 0 aliphatic carbocycles. The largest absolute Gasteiger partial charge is 0.500 e. The quantitative estimate of drug-likeness (QED) is 0.118. The first-order valence-electron chi connectivity index (χ1n) is 24.3. The van der Waals surface area contributed by atoms with Crippen LogP contribution in [0.25, 0.3) is 83.6 Å². The molecule has 3 aromatic heterocycles. The number of para-hydroxylation sites is 2. The molecule has 69 heavy (non-hydrogen) atoms. The van der Waals surface area contributed by atoms with Crippen LogP contribution in [0.3, 0.4) is 0 Å². The molecule has 2 aliphatic rings. The Balaban J connectivity index is 0.000000219. The van der Waals surface area contributed by atoms with Gasteiger partial charge in [0.15, 0.2) is 0 Å². The van der Waals surface area contributed by atoms with Gasteiger partial charge in [-0.1, -0.05) is 160 Å². The van der Waals surface area contributed by atoms with Crippen molar-refractivity contribution in [2.45, 2.75) is 83.3 Å². The second-order valence-corrected chi connectivity index (χ2v) is 24.0. The van der Waals surface area contributed by atoms with Crippen LogP contribution in [0.2, 0.25) is 18.1 Å². The number of imidazole rings is 1. The molecule has 0 atom stereocenters. The number of aromatic nitrogens is 3. The summed E-state index contributed by atoms with van der Waals surface area (Å²) in [5.74, 6) is 1.26. The van der Waals surface area contributed by atoms with Gasteiger partial charge in [-0.2, -0.15) is 5.26 Å². The summed E-state index contributed by atoms with van der Waals surface area (Å²) in [4.78, 5) is 10.0. The van der Waals surface area contributed by atoms with E-state index < -0.39 is 8.07 Å². The van der Waals surface area contributed by atoms with E-state index in [9.17, 15) is 5.26 Å². The number of fused-ring (bicyclic) bond motifs is 6. The molecule has 0 amide bonds. The molecule has 7 aromatic carbocycles. The van der Waals surface area contributed by atoms with E-state index in [1.54, 1.807) is 16.8 Å². The minimum absolute atomic E-state index is 0. The predicted molar refractivity (Wildman–Crippen MR) is 282 cm³/mol. The minimum Gasteiger partial charge on any atom is -0.500 e. The van der Waals surface area contributed by atoms with Crippen LogP contribution in [-0.4, -0.2) is 22.6 Å². The average Bonchev–Trinajstić information content (AvgIpc) is 4.12. The fraction of sp³-hybridized carbons (Fsp3) is 0.210. The summed E-state index contributed by atoms with van der Waals surface area (Å²) < 4.78 is 8.83. The number of hydrogen-bond acceptors (Lipinski definition) is 4. The topological polar surface area (TPSA) is 67.6 Å². The smallest absolute Gasteiger partial charge is 0.122 e. The summed E-state index contributed by atoms with van der Waals surface area (Å²) in [6.45, 7) is 9.07. The molecule has 5 nitrogen and oxygen atoms in total. The normalized spacial score (nSPS) is 13.9. The van der Waals surface area contributed by atoms with Crippen molar-refractivity contribution in [1.29, 1.82) is 5.26 Å². The van der Waals surface area contributed by atoms with Crippen LogP contribution >= 0.6 is 0 Å². The fourth-order valence-corrected chi connectivity index (χ4v) is 16.6. The molecule has 343 valence electrons. The molecule has 7 heteroatoms. The van der Waals surface area contributed by atoms with Gasteiger partial charge in [0, 0.05) is 37.4 Å². The monoisotopic (exact) mass is 1090 g/mol. The van der Waals surface area contributed by atoms with Gasteiger partial charge in [0.25, 0.3) is 0 Å². The summed E-state index contributed by atoms with van der Waals surface area (Å²) in [5.41, 5.74) is 17.0. The van der Waals surface area contributed by atoms with Crippen molar-refractivity contribution in [2.24, 2.45) is 0 Å². The number of nitrogens with zero attached hydrogens (tertiary/aromatic N) is 4. The van der Waals surface area contributed by atoms with E-state index in [4.69, 9.17) is 14.4 Å². The van der Waals surface area contributed by atoms with E-state index >= 15 is 0 Å². The van der Waals surface area contributed by atoms with Crippen molar-refractivity contribution in [3.63, 3.8) is 0 Å². The first-order chi connectivity index (χ1) is 33.3. The van der Waals surface area contributed by atoms with E-state index in [1.807, 2.05) is 42.5 Å². The van der Waals surface area contributed by atoms with Crippen LogP contribution < -0.4 is 5.19 Å². The summed E-state index contributed by atoms with van der Waals surface area (Å²) in [6.07, 6.45) is 7.82. The maximum Gasteiger partial charge on any atom is 0.122 e. The number of benzene rings is 7. The molecule has 1 saturated heterocycles. The predicted octanol–water partition coefficient (Wildman–Crippen LogP) is 15.8. The van der Waals surface area contributed by atoms with Crippen LogP contribution in [0.1, 0.15) is 81.0 Å². The molecule has 10 aromatic rings. The minimum atomic E-state index is -1.14. The maximum atomic E-state index is 9.53. The van der Waals surface area contributed by atoms with Crippen molar-refractivity contribution in [3.8, 4) is 56.7 Å². The molecule has 2 aliphatic heterocycles. The summed E-state index contributed by atoms with van der Waals surface area (Å²) in [7, 11) is -1.14. The van der Waals surface area contributed by atoms with E-state index in [0.29, 0.717) is 16.7 Å². The molecule has 1 spiro atoms. The van der Waals surface area contributed by atoms with Crippen LogP contribution in [0.5, 0.6) is 0 Å². The number of nitriles is 1. The zero-order valence-corrected chi connectivity index (χ0v) is 43.0. The van der Waals surface area contributed by atoms with Gasteiger partial charge >= 0.3 is 0 Å². The van der Waals surface area contributed by atoms with E-state index in [1.165, 1.54) is 77.2 Å². The first kappa shape index (κ1) is 46.1. The van der Waals surface area contributed by atoms with Crippen LogP contribution in [-0.2, 0) is 26.5 Å². The second-order valence-electron chi connectivity index (χ2n) is 19.4. The van der Waals surface area contributed by atoms with E-state index in [0.717, 1.165) is 50.1 Å². The molecule has 1 fully saturated rings.